The molecule has 1 aromatic carbocycles. The molecule has 20 heavy (non-hydrogen) atoms. The smallest absolute Gasteiger partial charge is 0.221 e. The van der Waals surface area contributed by atoms with Gasteiger partial charge in [0, 0.05) is 32.0 Å². The molecule has 4 nitrogen and oxygen atoms in total. The fourth-order valence-electron chi connectivity index (χ4n) is 2.42. The third kappa shape index (κ3) is 4.23. The normalized spacial score (nSPS) is 16.9. The number of nitrogens with one attached hydrogen (secondary N) is 2. The van der Waals surface area contributed by atoms with Gasteiger partial charge in [0.2, 0.25) is 5.91 Å². The number of ether oxygens (including phenoxy) is 1. The fraction of sp³-hybridized carbons (Fsp3) is 0.562. The molecule has 2 N–H and O–H groups in total. The van der Waals surface area contributed by atoms with Crippen LogP contribution in [0.3, 0.4) is 0 Å². The van der Waals surface area contributed by atoms with Crippen LogP contribution in [0.1, 0.15) is 31.4 Å². The summed E-state index contributed by atoms with van der Waals surface area (Å²) in [5.41, 5.74) is 2.56. The van der Waals surface area contributed by atoms with E-state index in [9.17, 15) is 4.79 Å². The molecular weight excluding hydrogens is 252 g/mol. The van der Waals surface area contributed by atoms with E-state index in [-0.39, 0.29) is 18.1 Å². The van der Waals surface area contributed by atoms with Crippen molar-refractivity contribution in [1.82, 2.24) is 10.6 Å². The first-order valence-electron chi connectivity index (χ1n) is 7.31. The first-order chi connectivity index (χ1) is 9.54. The number of fused-ring (bicyclic) bond motifs is 1. The fourth-order valence-corrected chi connectivity index (χ4v) is 2.42. The van der Waals surface area contributed by atoms with Gasteiger partial charge in [-0.05, 0) is 32.4 Å². The number of carbonyl (C=O) groups is 1. The predicted molar refractivity (Wildman–Crippen MR) is 80.1 cm³/mol. The Balaban J connectivity index is 1.66. The maximum absolute atomic E-state index is 11.5. The minimum atomic E-state index is 0.0961. The van der Waals surface area contributed by atoms with Crippen LogP contribution in [0.2, 0.25) is 0 Å². The van der Waals surface area contributed by atoms with Gasteiger partial charge < -0.3 is 15.4 Å². The zero-order valence-corrected chi connectivity index (χ0v) is 12.5. The average molecular weight is 276 g/mol. The standard InChI is InChI=1S/C16H24N2O2/c1-11(2)18-16(19)6-7-17-10-14-9-13-8-12(3)4-5-15(13)20-14/h4-5,8,11,14,17H,6-7,9-10H2,1-3H3,(H,18,19). The number of benzene rings is 1. The topological polar surface area (TPSA) is 50.4 Å². The maximum atomic E-state index is 11.5. The van der Waals surface area contributed by atoms with Crippen LogP contribution in [0.5, 0.6) is 5.75 Å². The van der Waals surface area contributed by atoms with E-state index in [1.165, 1.54) is 11.1 Å². The molecule has 0 saturated carbocycles. The Bertz CT molecular complexity index is 472. The third-order valence-corrected chi connectivity index (χ3v) is 3.31. The number of aryl methyl sites for hydroxylation is 1. The lowest BCUT2D eigenvalue weighted by atomic mass is 10.1. The van der Waals surface area contributed by atoms with Crippen LogP contribution in [0.25, 0.3) is 0 Å². The van der Waals surface area contributed by atoms with Crippen LogP contribution in [0.4, 0.5) is 0 Å². The van der Waals surface area contributed by atoms with E-state index >= 15 is 0 Å². The molecule has 110 valence electrons. The molecule has 4 heteroatoms. The summed E-state index contributed by atoms with van der Waals surface area (Å²) in [6.07, 6.45) is 1.64. The molecule has 1 atom stereocenters. The number of hydrogen-bond acceptors (Lipinski definition) is 3. The molecule has 0 radical (unpaired) electrons. The van der Waals surface area contributed by atoms with Crippen LogP contribution >= 0.6 is 0 Å². The van der Waals surface area contributed by atoms with E-state index in [0.29, 0.717) is 13.0 Å². The van der Waals surface area contributed by atoms with Crippen molar-refractivity contribution < 1.29 is 9.53 Å². The van der Waals surface area contributed by atoms with E-state index in [1.54, 1.807) is 0 Å². The SMILES string of the molecule is Cc1ccc2c(c1)CC(CNCCC(=O)NC(C)C)O2. The number of rotatable bonds is 6. The Kier molecular flexibility index (Phi) is 5.01. The summed E-state index contributed by atoms with van der Waals surface area (Å²) < 4.78 is 5.87. The Labute approximate surface area is 120 Å². The van der Waals surface area contributed by atoms with Crippen LogP contribution in [0, 0.1) is 6.92 Å². The summed E-state index contributed by atoms with van der Waals surface area (Å²) in [5.74, 6) is 1.10. The summed E-state index contributed by atoms with van der Waals surface area (Å²) in [6.45, 7) is 7.50. The monoisotopic (exact) mass is 276 g/mol. The molecule has 2 rings (SSSR count). The number of hydrogen-bond donors (Lipinski definition) is 2. The second kappa shape index (κ2) is 6.75. The van der Waals surface area contributed by atoms with Crippen molar-refractivity contribution in [3.05, 3.63) is 29.3 Å². The van der Waals surface area contributed by atoms with Crippen LogP contribution in [0.15, 0.2) is 18.2 Å². The van der Waals surface area contributed by atoms with Crippen LogP contribution in [-0.2, 0) is 11.2 Å². The predicted octanol–water partition coefficient (Wildman–Crippen LogP) is 1.80. The zero-order valence-electron chi connectivity index (χ0n) is 12.5. The molecule has 1 unspecified atom stereocenters. The van der Waals surface area contributed by atoms with Gasteiger partial charge in [-0.25, -0.2) is 0 Å². The highest BCUT2D eigenvalue weighted by atomic mass is 16.5. The molecule has 1 aromatic rings. The maximum Gasteiger partial charge on any atom is 0.221 e. The molecule has 0 spiro atoms. The number of carbonyl (C=O) groups excluding carboxylic acids is 1. The first-order valence-corrected chi connectivity index (χ1v) is 7.31. The number of amides is 1. The van der Waals surface area contributed by atoms with Crippen molar-refractivity contribution in [1.29, 1.82) is 0 Å². The molecule has 0 fully saturated rings. The Morgan fingerprint density at radius 3 is 3.00 bits per heavy atom. The van der Waals surface area contributed by atoms with Crippen molar-refractivity contribution in [2.75, 3.05) is 13.1 Å². The highest BCUT2D eigenvalue weighted by Crippen LogP contribution is 2.29. The van der Waals surface area contributed by atoms with Crippen molar-refractivity contribution >= 4 is 5.91 Å². The Morgan fingerprint density at radius 1 is 1.45 bits per heavy atom. The lowest BCUT2D eigenvalue weighted by Crippen LogP contribution is -2.35. The van der Waals surface area contributed by atoms with E-state index in [1.807, 2.05) is 19.9 Å². The minimum absolute atomic E-state index is 0.0961. The second-order valence-corrected chi connectivity index (χ2v) is 5.73. The van der Waals surface area contributed by atoms with Gasteiger partial charge in [-0.2, -0.15) is 0 Å². The molecule has 1 amide bonds. The molecule has 0 saturated heterocycles. The van der Waals surface area contributed by atoms with Crippen molar-refractivity contribution in [2.45, 2.75) is 45.8 Å². The first kappa shape index (κ1) is 14.9. The van der Waals surface area contributed by atoms with Gasteiger partial charge in [0.1, 0.15) is 11.9 Å². The Hall–Kier alpha value is -1.55. The second-order valence-electron chi connectivity index (χ2n) is 5.73. The summed E-state index contributed by atoms with van der Waals surface area (Å²) in [6, 6.07) is 6.51. The largest absolute Gasteiger partial charge is 0.488 e. The van der Waals surface area contributed by atoms with Gasteiger partial charge in [0.25, 0.3) is 0 Å². The molecule has 1 aliphatic rings. The zero-order chi connectivity index (χ0) is 14.5. The highest BCUT2D eigenvalue weighted by molar-refractivity contribution is 5.76. The highest BCUT2D eigenvalue weighted by Gasteiger charge is 2.22. The van der Waals surface area contributed by atoms with Crippen molar-refractivity contribution in [3.63, 3.8) is 0 Å². The third-order valence-electron chi connectivity index (χ3n) is 3.31. The van der Waals surface area contributed by atoms with E-state index in [4.69, 9.17) is 4.74 Å². The summed E-state index contributed by atoms with van der Waals surface area (Å²) in [5, 5.41) is 6.18. The Morgan fingerprint density at radius 2 is 2.25 bits per heavy atom. The van der Waals surface area contributed by atoms with Gasteiger partial charge in [0.15, 0.2) is 0 Å². The summed E-state index contributed by atoms with van der Waals surface area (Å²) in [7, 11) is 0. The van der Waals surface area contributed by atoms with E-state index in [0.717, 1.165) is 18.7 Å². The van der Waals surface area contributed by atoms with Gasteiger partial charge >= 0.3 is 0 Å². The quantitative estimate of drug-likeness (QED) is 0.779. The molecular formula is C16H24N2O2. The van der Waals surface area contributed by atoms with Gasteiger partial charge in [-0.3, -0.25) is 4.79 Å². The van der Waals surface area contributed by atoms with Crippen LogP contribution < -0.4 is 15.4 Å². The van der Waals surface area contributed by atoms with Gasteiger partial charge in [-0.1, -0.05) is 17.7 Å². The molecule has 0 aliphatic carbocycles. The van der Waals surface area contributed by atoms with E-state index in [2.05, 4.69) is 29.7 Å². The lowest BCUT2D eigenvalue weighted by Gasteiger charge is -2.12. The molecule has 0 aromatic heterocycles. The van der Waals surface area contributed by atoms with Gasteiger partial charge in [0.05, 0.1) is 0 Å². The summed E-state index contributed by atoms with van der Waals surface area (Å²) >= 11 is 0. The minimum Gasteiger partial charge on any atom is -0.488 e. The summed E-state index contributed by atoms with van der Waals surface area (Å²) in [4.78, 5) is 11.5. The van der Waals surface area contributed by atoms with Crippen molar-refractivity contribution in [3.8, 4) is 5.75 Å². The van der Waals surface area contributed by atoms with E-state index < -0.39 is 0 Å². The molecule has 0 bridgehead atoms. The molecule has 1 aliphatic heterocycles. The molecule has 1 heterocycles. The van der Waals surface area contributed by atoms with Gasteiger partial charge in [-0.15, -0.1) is 0 Å². The van der Waals surface area contributed by atoms with Crippen molar-refractivity contribution in [2.24, 2.45) is 0 Å². The lowest BCUT2D eigenvalue weighted by molar-refractivity contribution is -0.121. The average Bonchev–Trinajstić information content (AvgIpc) is 2.75. The van der Waals surface area contributed by atoms with Crippen LogP contribution in [-0.4, -0.2) is 31.1 Å².